The molecule has 0 spiro atoms. The van der Waals surface area contributed by atoms with Crippen LogP contribution in [0.3, 0.4) is 0 Å². The third kappa shape index (κ3) is 5.09. The second-order valence-electron chi connectivity index (χ2n) is 10.0. The van der Waals surface area contributed by atoms with Gasteiger partial charge in [0, 0.05) is 32.5 Å². The standard InChI is InChI=1S/C27H35FN6O4/c1-34-25(37)22(3-2-8-29)33-24(36)21(31)13-17-11-15(5-7-23(17)35)16-4-6-20(28)18(12-16)19-14-27(19,34)26(38)32-10-9-30/h4-7,11-12,19,21-22,35H,2-3,8-10,13-14,29-31H2,1H3,(H,32,38)(H,33,36)/t19?,21-,22-,27?/m0/s1. The van der Waals surface area contributed by atoms with Gasteiger partial charge in [0.25, 0.3) is 0 Å². The van der Waals surface area contributed by atoms with Crippen LogP contribution in [0.25, 0.3) is 11.1 Å². The Morgan fingerprint density at radius 1 is 1.18 bits per heavy atom. The first-order chi connectivity index (χ1) is 18.1. The smallest absolute Gasteiger partial charge is 0.246 e. The average molecular weight is 527 g/mol. The minimum absolute atomic E-state index is 0.0151. The summed E-state index contributed by atoms with van der Waals surface area (Å²) in [7, 11) is 1.49. The van der Waals surface area contributed by atoms with Gasteiger partial charge in [0.2, 0.25) is 17.7 Å². The molecule has 204 valence electrons. The van der Waals surface area contributed by atoms with Crippen LogP contribution in [0.15, 0.2) is 36.4 Å². The molecule has 9 N–H and O–H groups in total. The molecule has 38 heavy (non-hydrogen) atoms. The fourth-order valence-corrected chi connectivity index (χ4v) is 5.27. The number of carbonyl (C=O) groups excluding carboxylic acids is 3. The number of phenolic OH excluding ortho intramolecular Hbond substituents is 1. The maximum atomic E-state index is 15.2. The average Bonchev–Trinajstić information content (AvgIpc) is 3.66. The van der Waals surface area contributed by atoms with E-state index >= 15 is 4.39 Å². The van der Waals surface area contributed by atoms with Crippen LogP contribution in [0.1, 0.15) is 36.3 Å². The van der Waals surface area contributed by atoms with Crippen molar-refractivity contribution in [3.05, 3.63) is 53.3 Å². The Labute approximate surface area is 220 Å². The van der Waals surface area contributed by atoms with Gasteiger partial charge in [-0.1, -0.05) is 12.1 Å². The highest BCUT2D eigenvalue weighted by atomic mass is 19.1. The van der Waals surface area contributed by atoms with Gasteiger partial charge in [0.05, 0.1) is 6.04 Å². The summed E-state index contributed by atoms with van der Waals surface area (Å²) in [6.45, 7) is 0.680. The van der Waals surface area contributed by atoms with Crippen LogP contribution in [-0.2, 0) is 20.8 Å². The molecule has 4 atom stereocenters. The van der Waals surface area contributed by atoms with Crippen LogP contribution in [0, 0.1) is 5.82 Å². The van der Waals surface area contributed by atoms with Crippen LogP contribution >= 0.6 is 0 Å². The molecule has 0 aromatic heterocycles. The van der Waals surface area contributed by atoms with Crippen LogP contribution in [-0.4, -0.2) is 72.0 Å². The quantitative estimate of drug-likeness (QED) is 0.308. The van der Waals surface area contributed by atoms with E-state index in [0.717, 1.165) is 0 Å². The summed E-state index contributed by atoms with van der Waals surface area (Å²) in [6, 6.07) is 7.45. The van der Waals surface area contributed by atoms with E-state index in [-0.39, 0.29) is 38.1 Å². The number of nitrogens with one attached hydrogen (secondary N) is 2. The summed E-state index contributed by atoms with van der Waals surface area (Å²) in [6.07, 6.45) is 0.883. The zero-order valence-corrected chi connectivity index (χ0v) is 21.4. The number of aromatic hydroxyl groups is 1. The predicted molar refractivity (Wildman–Crippen MR) is 140 cm³/mol. The molecular weight excluding hydrogens is 491 g/mol. The lowest BCUT2D eigenvalue weighted by atomic mass is 9.95. The number of amides is 3. The van der Waals surface area contributed by atoms with Crippen molar-refractivity contribution in [1.82, 2.24) is 15.5 Å². The van der Waals surface area contributed by atoms with Gasteiger partial charge in [-0.2, -0.15) is 0 Å². The summed E-state index contributed by atoms with van der Waals surface area (Å²) >= 11 is 0. The molecule has 1 aliphatic heterocycles. The van der Waals surface area contributed by atoms with Gasteiger partial charge in [-0.15, -0.1) is 0 Å². The summed E-state index contributed by atoms with van der Waals surface area (Å²) in [5, 5.41) is 15.9. The van der Waals surface area contributed by atoms with Gasteiger partial charge in [0.15, 0.2) is 0 Å². The first-order valence-electron chi connectivity index (χ1n) is 12.8. The monoisotopic (exact) mass is 526 g/mol. The van der Waals surface area contributed by atoms with E-state index in [1.807, 2.05) is 0 Å². The third-order valence-electron chi connectivity index (χ3n) is 7.56. The Morgan fingerprint density at radius 3 is 2.61 bits per heavy atom. The molecule has 2 aliphatic rings. The number of fused-ring (bicyclic) bond motifs is 7. The lowest BCUT2D eigenvalue weighted by molar-refractivity contribution is -0.143. The van der Waals surface area contributed by atoms with Crippen LogP contribution in [0.4, 0.5) is 4.39 Å². The van der Waals surface area contributed by atoms with Crippen molar-refractivity contribution >= 4 is 17.7 Å². The Kier molecular flexibility index (Phi) is 8.00. The molecule has 1 heterocycles. The number of phenols is 1. The molecule has 0 saturated heterocycles. The predicted octanol–water partition coefficient (Wildman–Crippen LogP) is 0.0648. The van der Waals surface area contributed by atoms with Crippen molar-refractivity contribution in [3.63, 3.8) is 0 Å². The van der Waals surface area contributed by atoms with Crippen molar-refractivity contribution in [3.8, 4) is 16.9 Å². The largest absolute Gasteiger partial charge is 0.508 e. The molecule has 4 rings (SSSR count). The summed E-state index contributed by atoms with van der Waals surface area (Å²) in [5.74, 6) is -2.66. The summed E-state index contributed by atoms with van der Waals surface area (Å²) in [4.78, 5) is 41.6. The number of nitrogens with two attached hydrogens (primary N) is 3. The number of carbonyl (C=O) groups is 3. The lowest BCUT2D eigenvalue weighted by Crippen LogP contribution is -2.58. The Morgan fingerprint density at radius 2 is 1.89 bits per heavy atom. The van der Waals surface area contributed by atoms with Gasteiger partial charge in [0.1, 0.15) is 23.1 Å². The molecule has 11 heteroatoms. The molecule has 2 unspecified atom stereocenters. The summed E-state index contributed by atoms with van der Waals surface area (Å²) in [5.41, 5.74) is 18.2. The molecule has 1 aliphatic carbocycles. The van der Waals surface area contributed by atoms with Crippen LogP contribution in [0.5, 0.6) is 5.75 Å². The number of rotatable bonds is 6. The number of halogens is 1. The fourth-order valence-electron chi connectivity index (χ4n) is 5.27. The highest BCUT2D eigenvalue weighted by Gasteiger charge is 2.65. The lowest BCUT2D eigenvalue weighted by Gasteiger charge is -2.32. The molecule has 2 aromatic carbocycles. The second-order valence-corrected chi connectivity index (χ2v) is 10.0. The van der Waals surface area contributed by atoms with E-state index in [1.54, 1.807) is 24.3 Å². The van der Waals surface area contributed by atoms with E-state index in [1.165, 1.54) is 24.1 Å². The Balaban J connectivity index is 1.86. The molecule has 4 bridgehead atoms. The molecule has 3 amide bonds. The van der Waals surface area contributed by atoms with Gasteiger partial charge >= 0.3 is 0 Å². The fraction of sp³-hybridized carbons (Fsp3) is 0.444. The number of hydrogen-bond acceptors (Lipinski definition) is 7. The van der Waals surface area contributed by atoms with Crippen LogP contribution < -0.4 is 27.8 Å². The van der Waals surface area contributed by atoms with Crippen molar-refractivity contribution < 1.29 is 23.9 Å². The first kappa shape index (κ1) is 27.5. The van der Waals surface area contributed by atoms with Crippen molar-refractivity contribution in [1.29, 1.82) is 0 Å². The van der Waals surface area contributed by atoms with Crippen molar-refractivity contribution in [2.75, 3.05) is 26.7 Å². The molecule has 2 aromatic rings. The number of benzene rings is 2. The van der Waals surface area contributed by atoms with E-state index < -0.39 is 47.1 Å². The Hall–Kier alpha value is -3.54. The molecule has 1 fully saturated rings. The van der Waals surface area contributed by atoms with Crippen LogP contribution in [0.2, 0.25) is 0 Å². The molecular formula is C27H35FN6O4. The van der Waals surface area contributed by atoms with Gasteiger partial charge in [-0.3, -0.25) is 14.4 Å². The molecule has 0 radical (unpaired) electrons. The minimum Gasteiger partial charge on any atom is -0.508 e. The highest BCUT2D eigenvalue weighted by Crippen LogP contribution is 2.56. The third-order valence-corrected chi connectivity index (χ3v) is 7.56. The number of hydrogen-bond donors (Lipinski definition) is 6. The molecule has 10 nitrogen and oxygen atoms in total. The van der Waals surface area contributed by atoms with E-state index in [9.17, 15) is 19.5 Å². The zero-order chi connectivity index (χ0) is 27.6. The van der Waals surface area contributed by atoms with Crippen molar-refractivity contribution in [2.45, 2.75) is 49.2 Å². The number of nitrogens with zero attached hydrogens (tertiary/aromatic N) is 1. The Bertz CT molecular complexity index is 1240. The maximum Gasteiger partial charge on any atom is 0.246 e. The van der Waals surface area contributed by atoms with Crippen molar-refractivity contribution in [2.24, 2.45) is 17.2 Å². The van der Waals surface area contributed by atoms with E-state index in [4.69, 9.17) is 17.2 Å². The van der Waals surface area contributed by atoms with E-state index in [2.05, 4.69) is 10.6 Å². The highest BCUT2D eigenvalue weighted by molar-refractivity contribution is 5.98. The maximum absolute atomic E-state index is 15.2. The minimum atomic E-state index is -1.36. The van der Waals surface area contributed by atoms with Gasteiger partial charge < -0.3 is 37.8 Å². The molecule has 1 saturated carbocycles. The van der Waals surface area contributed by atoms with Gasteiger partial charge in [-0.25, -0.2) is 4.39 Å². The SMILES string of the molecule is CN1C(=O)[C@H](CCCN)NC(=O)[C@@H](N)Cc2cc(ccc2O)-c2ccc(F)c(c2)C2CC21C(=O)NCCN. The second kappa shape index (κ2) is 11.1. The van der Waals surface area contributed by atoms with Gasteiger partial charge in [-0.05, 0) is 72.3 Å². The van der Waals surface area contributed by atoms with E-state index in [0.29, 0.717) is 35.2 Å². The first-order valence-corrected chi connectivity index (χ1v) is 12.8. The topological polar surface area (TPSA) is 177 Å². The normalized spacial score (nSPS) is 25.1. The number of likely N-dealkylation sites (N-methyl/N-ethyl adjacent to an activating group) is 1. The zero-order valence-electron chi connectivity index (χ0n) is 21.4. The summed E-state index contributed by atoms with van der Waals surface area (Å²) < 4.78 is 15.2.